The number of methoxy groups -OCH3 is 1. The Balaban J connectivity index is 1.97. The van der Waals surface area contributed by atoms with Gasteiger partial charge in [-0.05, 0) is 35.9 Å². The predicted molar refractivity (Wildman–Crippen MR) is 88.7 cm³/mol. The summed E-state index contributed by atoms with van der Waals surface area (Å²) in [6, 6.07) is 10.1. The molecule has 0 saturated carbocycles. The third-order valence-corrected chi connectivity index (χ3v) is 4.37. The first-order valence-corrected chi connectivity index (χ1v) is 7.70. The average Bonchev–Trinajstić information content (AvgIpc) is 3.04. The lowest BCUT2D eigenvalue weighted by atomic mass is 9.91. The summed E-state index contributed by atoms with van der Waals surface area (Å²) >= 11 is 0. The minimum Gasteiger partial charge on any atom is -0.497 e. The standard InChI is InChI=1S/C18H12FNO6/c1-24-11-5-2-9(3-6-11)14-15-16(26-17(14)20(22)23)12-8-10(19)4-7-13(12)25-18(15)21/h2-8,14,17H,1H3. The van der Waals surface area contributed by atoms with E-state index < -0.39 is 28.5 Å². The van der Waals surface area contributed by atoms with Gasteiger partial charge in [0.1, 0.15) is 28.8 Å². The quantitative estimate of drug-likeness (QED) is 0.406. The number of hydrogen-bond acceptors (Lipinski definition) is 6. The van der Waals surface area contributed by atoms with Crippen LogP contribution in [-0.4, -0.2) is 18.3 Å². The van der Waals surface area contributed by atoms with Crippen LogP contribution in [0.1, 0.15) is 17.0 Å². The lowest BCUT2D eigenvalue weighted by Crippen LogP contribution is -2.29. The molecule has 0 fully saturated rings. The van der Waals surface area contributed by atoms with Crippen LogP contribution >= 0.6 is 0 Å². The van der Waals surface area contributed by atoms with Crippen molar-refractivity contribution in [3.63, 3.8) is 0 Å². The normalized spacial score (nSPS) is 18.4. The van der Waals surface area contributed by atoms with E-state index in [1.54, 1.807) is 24.3 Å². The Morgan fingerprint density at radius 1 is 1.19 bits per heavy atom. The SMILES string of the molecule is COc1ccc(C2c3c(c4cc(F)ccc4oc3=O)OC2[N+](=O)[O-])cc1. The van der Waals surface area contributed by atoms with Crippen molar-refractivity contribution in [1.82, 2.24) is 0 Å². The van der Waals surface area contributed by atoms with Crippen LogP contribution in [0.5, 0.6) is 11.5 Å². The molecular formula is C18H12FNO6. The monoisotopic (exact) mass is 357 g/mol. The van der Waals surface area contributed by atoms with E-state index in [2.05, 4.69) is 0 Å². The fraction of sp³-hybridized carbons (Fsp3) is 0.167. The van der Waals surface area contributed by atoms with Gasteiger partial charge in [0.05, 0.1) is 23.0 Å². The predicted octanol–water partition coefficient (Wildman–Crippen LogP) is 3.07. The molecule has 1 aliphatic rings. The average molecular weight is 357 g/mol. The third kappa shape index (κ3) is 2.38. The zero-order chi connectivity index (χ0) is 18.4. The molecule has 1 aromatic heterocycles. The lowest BCUT2D eigenvalue weighted by Gasteiger charge is -2.12. The Morgan fingerprint density at radius 2 is 1.92 bits per heavy atom. The van der Waals surface area contributed by atoms with Gasteiger partial charge < -0.3 is 13.9 Å². The van der Waals surface area contributed by atoms with Crippen LogP contribution in [0.25, 0.3) is 11.0 Å². The maximum Gasteiger partial charge on any atom is 0.365 e. The van der Waals surface area contributed by atoms with E-state index >= 15 is 0 Å². The van der Waals surface area contributed by atoms with Gasteiger partial charge in [0.25, 0.3) is 0 Å². The number of ether oxygens (including phenoxy) is 2. The molecule has 2 atom stereocenters. The van der Waals surface area contributed by atoms with E-state index in [4.69, 9.17) is 13.9 Å². The third-order valence-electron chi connectivity index (χ3n) is 4.37. The Hall–Kier alpha value is -3.42. The van der Waals surface area contributed by atoms with Crippen molar-refractivity contribution in [1.29, 1.82) is 0 Å². The fourth-order valence-electron chi connectivity index (χ4n) is 3.20. The molecule has 132 valence electrons. The summed E-state index contributed by atoms with van der Waals surface area (Å²) in [4.78, 5) is 23.4. The highest BCUT2D eigenvalue weighted by molar-refractivity contribution is 5.85. The molecule has 0 radical (unpaired) electrons. The van der Waals surface area contributed by atoms with Gasteiger partial charge in [-0.1, -0.05) is 12.1 Å². The first kappa shape index (κ1) is 16.1. The van der Waals surface area contributed by atoms with E-state index in [-0.39, 0.29) is 22.3 Å². The summed E-state index contributed by atoms with van der Waals surface area (Å²) in [6.45, 7) is 0. The van der Waals surface area contributed by atoms with Gasteiger partial charge in [-0.25, -0.2) is 9.18 Å². The van der Waals surface area contributed by atoms with Gasteiger partial charge in [-0.3, -0.25) is 10.1 Å². The van der Waals surface area contributed by atoms with Crippen molar-refractivity contribution in [3.8, 4) is 11.5 Å². The molecule has 7 nitrogen and oxygen atoms in total. The van der Waals surface area contributed by atoms with Crippen LogP contribution in [-0.2, 0) is 0 Å². The number of fused-ring (bicyclic) bond motifs is 3. The van der Waals surface area contributed by atoms with Crippen molar-refractivity contribution in [2.24, 2.45) is 0 Å². The number of rotatable bonds is 3. The van der Waals surface area contributed by atoms with E-state index in [9.17, 15) is 19.3 Å². The van der Waals surface area contributed by atoms with Crippen LogP contribution in [0.3, 0.4) is 0 Å². The van der Waals surface area contributed by atoms with Crippen molar-refractivity contribution in [2.75, 3.05) is 7.11 Å². The molecule has 0 amide bonds. The Labute approximate surface area is 145 Å². The van der Waals surface area contributed by atoms with Crippen LogP contribution < -0.4 is 15.1 Å². The first-order valence-electron chi connectivity index (χ1n) is 7.70. The molecule has 2 aromatic carbocycles. The molecule has 8 heteroatoms. The topological polar surface area (TPSA) is 91.8 Å². The second kappa shape index (κ2) is 5.83. The van der Waals surface area contributed by atoms with Gasteiger partial charge >= 0.3 is 11.9 Å². The maximum atomic E-state index is 13.6. The minimum absolute atomic E-state index is 0.00923. The second-order valence-corrected chi connectivity index (χ2v) is 5.82. The summed E-state index contributed by atoms with van der Waals surface area (Å²) in [6.07, 6.45) is -1.52. The molecule has 4 rings (SSSR count). The number of hydrogen-bond donors (Lipinski definition) is 0. The second-order valence-electron chi connectivity index (χ2n) is 5.82. The van der Waals surface area contributed by atoms with Gasteiger partial charge in [-0.15, -0.1) is 0 Å². The zero-order valence-electron chi connectivity index (χ0n) is 13.5. The van der Waals surface area contributed by atoms with Crippen LogP contribution in [0.4, 0.5) is 4.39 Å². The van der Waals surface area contributed by atoms with E-state index in [1.165, 1.54) is 13.2 Å². The molecule has 0 bridgehead atoms. The van der Waals surface area contributed by atoms with E-state index in [0.29, 0.717) is 11.3 Å². The minimum atomic E-state index is -1.52. The number of halogens is 1. The zero-order valence-corrected chi connectivity index (χ0v) is 13.5. The van der Waals surface area contributed by atoms with E-state index in [0.717, 1.165) is 12.1 Å². The molecule has 0 N–H and O–H groups in total. The summed E-state index contributed by atoms with van der Waals surface area (Å²) in [5.41, 5.74) is -0.138. The van der Waals surface area contributed by atoms with Crippen LogP contribution in [0, 0.1) is 15.9 Å². The summed E-state index contributed by atoms with van der Waals surface area (Å²) in [7, 11) is 1.50. The summed E-state index contributed by atoms with van der Waals surface area (Å²) in [5.74, 6) is -0.992. The highest BCUT2D eigenvalue weighted by atomic mass is 19.1. The highest BCUT2D eigenvalue weighted by Gasteiger charge is 2.47. The van der Waals surface area contributed by atoms with Gasteiger partial charge in [0, 0.05) is 0 Å². The van der Waals surface area contributed by atoms with Crippen molar-refractivity contribution < 1.29 is 23.2 Å². The molecule has 2 heterocycles. The van der Waals surface area contributed by atoms with Gasteiger partial charge in [0.2, 0.25) is 0 Å². The molecule has 2 unspecified atom stereocenters. The van der Waals surface area contributed by atoms with Crippen LogP contribution in [0.2, 0.25) is 0 Å². The molecule has 0 saturated heterocycles. The van der Waals surface area contributed by atoms with Crippen molar-refractivity contribution in [2.45, 2.75) is 12.1 Å². The number of nitro groups is 1. The first-order chi connectivity index (χ1) is 12.5. The largest absolute Gasteiger partial charge is 0.497 e. The van der Waals surface area contributed by atoms with Gasteiger partial charge in [-0.2, -0.15) is 0 Å². The Bertz CT molecular complexity index is 1080. The maximum absolute atomic E-state index is 13.6. The Kier molecular flexibility index (Phi) is 3.61. The molecule has 0 aliphatic carbocycles. The lowest BCUT2D eigenvalue weighted by molar-refractivity contribution is -0.561. The van der Waals surface area contributed by atoms with Crippen LogP contribution in [0.15, 0.2) is 51.7 Å². The van der Waals surface area contributed by atoms with Gasteiger partial charge in [0.15, 0.2) is 0 Å². The molecule has 3 aromatic rings. The molecular weight excluding hydrogens is 345 g/mol. The van der Waals surface area contributed by atoms with E-state index in [1.807, 2.05) is 0 Å². The molecule has 0 spiro atoms. The fourth-order valence-corrected chi connectivity index (χ4v) is 3.20. The number of nitrogens with zero attached hydrogens (tertiary/aromatic N) is 1. The number of benzene rings is 2. The Morgan fingerprint density at radius 3 is 2.58 bits per heavy atom. The molecule has 26 heavy (non-hydrogen) atoms. The summed E-state index contributed by atoms with van der Waals surface area (Å²) < 4.78 is 29.4. The van der Waals surface area contributed by atoms with Crippen molar-refractivity contribution in [3.05, 3.63) is 79.9 Å². The highest BCUT2D eigenvalue weighted by Crippen LogP contribution is 2.44. The van der Waals surface area contributed by atoms with Crippen molar-refractivity contribution >= 4 is 11.0 Å². The summed E-state index contributed by atoms with van der Waals surface area (Å²) in [5, 5.41) is 11.7. The smallest absolute Gasteiger partial charge is 0.365 e. The molecule has 1 aliphatic heterocycles.